The van der Waals surface area contributed by atoms with Gasteiger partial charge in [-0.15, -0.1) is 0 Å². The summed E-state index contributed by atoms with van der Waals surface area (Å²) in [5.74, 6) is 1.79. The van der Waals surface area contributed by atoms with Crippen LogP contribution in [0.15, 0.2) is 47.7 Å². The van der Waals surface area contributed by atoms with Crippen molar-refractivity contribution in [3.05, 3.63) is 53.9 Å². The lowest BCUT2D eigenvalue weighted by molar-refractivity contribution is 0.345. The number of hydrogen-bond acceptors (Lipinski definition) is 5. The maximum Gasteiger partial charge on any atom is 0.225 e. The smallest absolute Gasteiger partial charge is 0.225 e. The number of benzene rings is 1. The van der Waals surface area contributed by atoms with E-state index in [9.17, 15) is 0 Å². The topological polar surface area (TPSA) is 59.9 Å². The first kappa shape index (κ1) is 21.0. The number of nitrogens with one attached hydrogen (secondary N) is 1. The number of anilines is 1. The Balaban J connectivity index is 1.61. The van der Waals surface area contributed by atoms with Crippen molar-refractivity contribution in [2.75, 3.05) is 51.2 Å². The minimum Gasteiger partial charge on any atom is -0.357 e. The number of aliphatic imine (C=N–C) groups is 1. The first-order chi connectivity index (χ1) is 14.2. The minimum absolute atomic E-state index is 0.689. The van der Waals surface area contributed by atoms with Gasteiger partial charge < -0.3 is 20.0 Å². The van der Waals surface area contributed by atoms with Gasteiger partial charge in [-0.3, -0.25) is 0 Å². The monoisotopic (exact) mass is 395 g/mol. The summed E-state index contributed by atoms with van der Waals surface area (Å²) in [4.78, 5) is 20.5. The molecule has 0 saturated carbocycles. The van der Waals surface area contributed by atoms with Crippen LogP contribution in [-0.2, 0) is 13.1 Å². The standard InChI is InChI=1S/C22H33N7/c1-4-23-21(26-17-19-8-6-9-20(16-19)18-27(3)5-2)28-12-14-29(15-13-28)22-24-10-7-11-25-22/h6-11,16H,4-5,12-15,17-18H2,1-3H3,(H,23,26). The molecule has 1 saturated heterocycles. The number of guanidine groups is 1. The van der Waals surface area contributed by atoms with Gasteiger partial charge in [0.25, 0.3) is 0 Å². The lowest BCUT2D eigenvalue weighted by Gasteiger charge is -2.36. The third kappa shape index (κ3) is 6.15. The number of rotatable bonds is 7. The van der Waals surface area contributed by atoms with Crippen LogP contribution in [0, 0.1) is 0 Å². The highest BCUT2D eigenvalue weighted by atomic mass is 15.4. The maximum absolute atomic E-state index is 4.91. The van der Waals surface area contributed by atoms with Crippen molar-refractivity contribution < 1.29 is 0 Å². The Morgan fingerprint density at radius 1 is 1.07 bits per heavy atom. The largest absolute Gasteiger partial charge is 0.357 e. The molecular weight excluding hydrogens is 362 g/mol. The Morgan fingerprint density at radius 3 is 2.48 bits per heavy atom. The van der Waals surface area contributed by atoms with Gasteiger partial charge in [0.05, 0.1) is 6.54 Å². The molecule has 0 amide bonds. The van der Waals surface area contributed by atoms with Gasteiger partial charge in [-0.25, -0.2) is 15.0 Å². The summed E-state index contributed by atoms with van der Waals surface area (Å²) in [6.45, 7) is 11.5. The summed E-state index contributed by atoms with van der Waals surface area (Å²) in [6.07, 6.45) is 3.60. The molecule has 29 heavy (non-hydrogen) atoms. The van der Waals surface area contributed by atoms with E-state index in [1.807, 2.05) is 6.07 Å². The zero-order valence-electron chi connectivity index (χ0n) is 17.9. The average molecular weight is 396 g/mol. The molecule has 1 aromatic heterocycles. The quantitative estimate of drug-likeness (QED) is 0.573. The molecule has 2 heterocycles. The van der Waals surface area contributed by atoms with Gasteiger partial charge in [-0.2, -0.15) is 0 Å². The molecule has 0 bridgehead atoms. The molecule has 1 aromatic carbocycles. The fourth-order valence-electron chi connectivity index (χ4n) is 3.41. The highest BCUT2D eigenvalue weighted by Gasteiger charge is 2.21. The van der Waals surface area contributed by atoms with Crippen LogP contribution < -0.4 is 10.2 Å². The number of piperazine rings is 1. The summed E-state index contributed by atoms with van der Waals surface area (Å²) in [5, 5.41) is 3.45. The maximum atomic E-state index is 4.91. The van der Waals surface area contributed by atoms with Crippen LogP contribution in [-0.4, -0.2) is 72.0 Å². The molecule has 0 unspecified atom stereocenters. The fourth-order valence-corrected chi connectivity index (χ4v) is 3.41. The van der Waals surface area contributed by atoms with Crippen LogP contribution in [0.1, 0.15) is 25.0 Å². The van der Waals surface area contributed by atoms with Crippen LogP contribution >= 0.6 is 0 Å². The van der Waals surface area contributed by atoms with Crippen molar-refractivity contribution >= 4 is 11.9 Å². The van der Waals surface area contributed by atoms with Gasteiger partial charge in [0.15, 0.2) is 5.96 Å². The van der Waals surface area contributed by atoms with Gasteiger partial charge in [0, 0.05) is 51.7 Å². The molecule has 3 rings (SSSR count). The van der Waals surface area contributed by atoms with Gasteiger partial charge >= 0.3 is 0 Å². The van der Waals surface area contributed by atoms with E-state index in [0.29, 0.717) is 6.54 Å². The lowest BCUT2D eigenvalue weighted by atomic mass is 10.1. The van der Waals surface area contributed by atoms with Crippen molar-refractivity contribution in [1.82, 2.24) is 25.1 Å². The van der Waals surface area contributed by atoms with Gasteiger partial charge in [0.1, 0.15) is 0 Å². The predicted molar refractivity (Wildman–Crippen MR) is 119 cm³/mol. The van der Waals surface area contributed by atoms with Crippen LogP contribution in [0.5, 0.6) is 0 Å². The molecule has 1 fully saturated rings. The van der Waals surface area contributed by atoms with Crippen LogP contribution in [0.3, 0.4) is 0 Å². The van der Waals surface area contributed by atoms with Crippen LogP contribution in [0.4, 0.5) is 5.95 Å². The third-order valence-electron chi connectivity index (χ3n) is 5.14. The van der Waals surface area contributed by atoms with E-state index in [1.165, 1.54) is 11.1 Å². The van der Waals surface area contributed by atoms with E-state index in [2.05, 4.69) is 75.1 Å². The summed E-state index contributed by atoms with van der Waals surface area (Å²) in [7, 11) is 2.15. The second-order valence-electron chi connectivity index (χ2n) is 7.34. The molecule has 156 valence electrons. The van der Waals surface area contributed by atoms with Crippen molar-refractivity contribution in [3.63, 3.8) is 0 Å². The number of nitrogens with zero attached hydrogens (tertiary/aromatic N) is 6. The first-order valence-corrected chi connectivity index (χ1v) is 10.5. The Morgan fingerprint density at radius 2 is 1.79 bits per heavy atom. The van der Waals surface area contributed by atoms with Crippen LogP contribution in [0.2, 0.25) is 0 Å². The second kappa shape index (κ2) is 10.8. The fraction of sp³-hybridized carbons (Fsp3) is 0.500. The summed E-state index contributed by atoms with van der Waals surface area (Å²) >= 11 is 0. The summed E-state index contributed by atoms with van der Waals surface area (Å²) in [5.41, 5.74) is 2.59. The van der Waals surface area contributed by atoms with Crippen molar-refractivity contribution in [1.29, 1.82) is 0 Å². The second-order valence-corrected chi connectivity index (χ2v) is 7.34. The molecular formula is C22H33N7. The van der Waals surface area contributed by atoms with Crippen molar-refractivity contribution in [3.8, 4) is 0 Å². The Kier molecular flexibility index (Phi) is 7.81. The van der Waals surface area contributed by atoms with Gasteiger partial charge in [0.2, 0.25) is 5.95 Å². The molecule has 1 aliphatic heterocycles. The van der Waals surface area contributed by atoms with Gasteiger partial charge in [-0.05, 0) is 37.7 Å². The molecule has 7 heteroatoms. The summed E-state index contributed by atoms with van der Waals surface area (Å²) in [6, 6.07) is 10.6. The van der Waals surface area contributed by atoms with E-state index >= 15 is 0 Å². The van der Waals surface area contributed by atoms with Gasteiger partial charge in [-0.1, -0.05) is 31.2 Å². The van der Waals surface area contributed by atoms with E-state index in [-0.39, 0.29) is 0 Å². The number of aromatic nitrogens is 2. The molecule has 1 N–H and O–H groups in total. The van der Waals surface area contributed by atoms with Crippen LogP contribution in [0.25, 0.3) is 0 Å². The molecule has 0 radical (unpaired) electrons. The first-order valence-electron chi connectivity index (χ1n) is 10.5. The lowest BCUT2D eigenvalue weighted by Crippen LogP contribution is -2.52. The highest BCUT2D eigenvalue weighted by molar-refractivity contribution is 5.80. The molecule has 1 aliphatic rings. The van der Waals surface area contributed by atoms with E-state index in [4.69, 9.17) is 4.99 Å². The Bertz CT molecular complexity index is 770. The molecule has 2 aromatic rings. The molecule has 7 nitrogen and oxygen atoms in total. The molecule has 0 aliphatic carbocycles. The average Bonchev–Trinajstić information content (AvgIpc) is 2.77. The zero-order chi connectivity index (χ0) is 20.5. The van der Waals surface area contributed by atoms with E-state index < -0.39 is 0 Å². The minimum atomic E-state index is 0.689. The molecule has 0 atom stereocenters. The Hall–Kier alpha value is -2.67. The van der Waals surface area contributed by atoms with Crippen molar-refractivity contribution in [2.24, 2.45) is 4.99 Å². The SMILES string of the molecule is CCNC(=NCc1cccc(CN(C)CC)c1)N1CCN(c2ncccn2)CC1. The zero-order valence-corrected chi connectivity index (χ0v) is 17.9. The highest BCUT2D eigenvalue weighted by Crippen LogP contribution is 2.12. The Labute approximate surface area is 174 Å². The summed E-state index contributed by atoms with van der Waals surface area (Å²) < 4.78 is 0. The number of hydrogen-bond donors (Lipinski definition) is 1. The third-order valence-corrected chi connectivity index (χ3v) is 5.14. The van der Waals surface area contributed by atoms with E-state index in [0.717, 1.165) is 57.7 Å². The van der Waals surface area contributed by atoms with E-state index in [1.54, 1.807) is 12.4 Å². The molecule has 0 spiro atoms. The normalized spacial score (nSPS) is 15.1. The van der Waals surface area contributed by atoms with Crippen molar-refractivity contribution in [2.45, 2.75) is 26.9 Å². The predicted octanol–water partition coefficient (Wildman–Crippen LogP) is 2.22.